The van der Waals surface area contributed by atoms with E-state index in [1.54, 1.807) is 12.1 Å². The molecule has 2 aromatic carbocycles. The fraction of sp³-hybridized carbons (Fsp3) is 0.286. The summed E-state index contributed by atoms with van der Waals surface area (Å²) in [4.78, 5) is 14.3. The van der Waals surface area contributed by atoms with E-state index in [4.69, 9.17) is 4.74 Å². The number of carbonyl (C=O) groups excluding carboxylic acids is 1. The lowest BCUT2D eigenvalue weighted by molar-refractivity contribution is -0.117. The van der Waals surface area contributed by atoms with Gasteiger partial charge in [0.15, 0.2) is 0 Å². The highest BCUT2D eigenvalue weighted by atomic mass is 79.9. The zero-order chi connectivity index (χ0) is 19.1. The average Bonchev–Trinajstić information content (AvgIpc) is 2.68. The fourth-order valence-corrected chi connectivity index (χ4v) is 3.35. The molecule has 27 heavy (non-hydrogen) atoms. The van der Waals surface area contributed by atoms with Gasteiger partial charge in [-0.1, -0.05) is 46.3 Å². The third-order valence-electron chi connectivity index (χ3n) is 4.35. The number of morpholine rings is 1. The van der Waals surface area contributed by atoms with Crippen LogP contribution in [0.15, 0.2) is 59.1 Å². The molecule has 0 bridgehead atoms. The minimum Gasteiger partial charge on any atom is -0.374 e. The van der Waals surface area contributed by atoms with Gasteiger partial charge in [0.25, 0.3) is 0 Å². The van der Waals surface area contributed by atoms with Crippen LogP contribution in [0.4, 0.5) is 4.39 Å². The number of halogens is 2. The van der Waals surface area contributed by atoms with E-state index in [1.165, 1.54) is 23.8 Å². The van der Waals surface area contributed by atoms with Gasteiger partial charge >= 0.3 is 0 Å². The van der Waals surface area contributed by atoms with Crippen LogP contribution in [0.5, 0.6) is 0 Å². The second-order valence-corrected chi connectivity index (χ2v) is 7.37. The molecule has 0 spiro atoms. The minimum absolute atomic E-state index is 0.0533. The Morgan fingerprint density at radius 3 is 2.93 bits per heavy atom. The number of carbonyl (C=O) groups is 1. The number of hydrogen-bond acceptors (Lipinski definition) is 3. The van der Waals surface area contributed by atoms with Crippen LogP contribution in [0.1, 0.15) is 11.1 Å². The number of nitrogens with one attached hydrogen (secondary N) is 1. The zero-order valence-corrected chi connectivity index (χ0v) is 16.5. The fourth-order valence-electron chi connectivity index (χ4n) is 2.97. The molecule has 3 rings (SSSR count). The van der Waals surface area contributed by atoms with Crippen molar-refractivity contribution >= 4 is 27.9 Å². The molecule has 1 N–H and O–H groups in total. The molecule has 1 unspecified atom stereocenters. The Morgan fingerprint density at radius 2 is 2.11 bits per heavy atom. The van der Waals surface area contributed by atoms with E-state index >= 15 is 0 Å². The molecule has 1 amide bonds. The molecule has 1 aliphatic rings. The molecule has 0 saturated carbocycles. The molecule has 1 atom stereocenters. The standard InChI is InChI=1S/C21H22BrFN2O2/c22-18-7-8-20(23)17(12-18)6-9-21(26)24-13-19-15-25(10-11-27-19)14-16-4-2-1-3-5-16/h1-9,12,19H,10-11,13-15H2,(H,24,26). The summed E-state index contributed by atoms with van der Waals surface area (Å²) in [6.07, 6.45) is 2.76. The summed E-state index contributed by atoms with van der Waals surface area (Å²) in [7, 11) is 0. The van der Waals surface area contributed by atoms with Crippen molar-refractivity contribution in [3.63, 3.8) is 0 Å². The van der Waals surface area contributed by atoms with Crippen molar-refractivity contribution in [2.75, 3.05) is 26.2 Å². The van der Waals surface area contributed by atoms with E-state index in [0.717, 1.165) is 24.1 Å². The highest BCUT2D eigenvalue weighted by Gasteiger charge is 2.20. The largest absolute Gasteiger partial charge is 0.374 e. The van der Waals surface area contributed by atoms with Gasteiger partial charge in [-0.25, -0.2) is 4.39 Å². The first kappa shape index (κ1) is 19.7. The Hall–Kier alpha value is -2.02. The summed E-state index contributed by atoms with van der Waals surface area (Å²) in [5.74, 6) is -0.632. The molecular weight excluding hydrogens is 411 g/mol. The molecule has 1 heterocycles. The topological polar surface area (TPSA) is 41.6 Å². The van der Waals surface area contributed by atoms with Gasteiger partial charge in [0.05, 0.1) is 12.7 Å². The first-order valence-corrected chi connectivity index (χ1v) is 9.68. The second-order valence-electron chi connectivity index (χ2n) is 6.46. The Labute approximate surface area is 167 Å². The SMILES string of the molecule is O=C(C=Cc1cc(Br)ccc1F)NCC1CN(Cc2ccccc2)CCO1. The minimum atomic E-state index is -0.366. The molecule has 142 valence electrons. The van der Waals surface area contributed by atoms with Crippen LogP contribution < -0.4 is 5.32 Å². The lowest BCUT2D eigenvalue weighted by Crippen LogP contribution is -2.46. The molecule has 1 saturated heterocycles. The normalized spacial score (nSPS) is 17.9. The second kappa shape index (κ2) is 9.78. The van der Waals surface area contributed by atoms with Crippen molar-refractivity contribution in [3.8, 4) is 0 Å². The van der Waals surface area contributed by atoms with Crippen LogP contribution in [0, 0.1) is 5.82 Å². The van der Waals surface area contributed by atoms with E-state index < -0.39 is 0 Å². The van der Waals surface area contributed by atoms with E-state index in [-0.39, 0.29) is 17.8 Å². The molecule has 2 aromatic rings. The lowest BCUT2D eigenvalue weighted by atomic mass is 10.2. The highest BCUT2D eigenvalue weighted by Crippen LogP contribution is 2.16. The molecule has 0 aromatic heterocycles. The smallest absolute Gasteiger partial charge is 0.244 e. The molecule has 6 heteroatoms. The highest BCUT2D eigenvalue weighted by molar-refractivity contribution is 9.10. The Morgan fingerprint density at radius 1 is 1.30 bits per heavy atom. The van der Waals surface area contributed by atoms with Crippen LogP contribution in [-0.2, 0) is 16.1 Å². The van der Waals surface area contributed by atoms with Crippen molar-refractivity contribution in [3.05, 3.63) is 76.0 Å². The Kier molecular flexibility index (Phi) is 7.15. The van der Waals surface area contributed by atoms with E-state index in [0.29, 0.717) is 18.7 Å². The third-order valence-corrected chi connectivity index (χ3v) is 4.84. The average molecular weight is 433 g/mol. The van der Waals surface area contributed by atoms with Gasteiger partial charge in [-0.3, -0.25) is 9.69 Å². The Bertz CT molecular complexity index is 798. The summed E-state index contributed by atoms with van der Waals surface area (Å²) in [6.45, 7) is 3.58. The van der Waals surface area contributed by atoms with E-state index in [2.05, 4.69) is 38.3 Å². The number of amides is 1. The number of ether oxygens (including phenoxy) is 1. The van der Waals surface area contributed by atoms with Gasteiger partial charge in [0, 0.05) is 42.3 Å². The van der Waals surface area contributed by atoms with Crippen molar-refractivity contribution in [1.29, 1.82) is 0 Å². The van der Waals surface area contributed by atoms with Crippen LogP contribution in [0.25, 0.3) is 6.08 Å². The molecule has 4 nitrogen and oxygen atoms in total. The molecule has 0 aliphatic carbocycles. The van der Waals surface area contributed by atoms with Crippen LogP contribution in [0.3, 0.4) is 0 Å². The zero-order valence-electron chi connectivity index (χ0n) is 14.9. The third kappa shape index (κ3) is 6.27. The summed E-state index contributed by atoms with van der Waals surface area (Å²) >= 11 is 3.29. The van der Waals surface area contributed by atoms with Crippen LogP contribution in [-0.4, -0.2) is 43.2 Å². The summed E-state index contributed by atoms with van der Waals surface area (Å²) in [5.41, 5.74) is 1.63. The predicted octanol–water partition coefficient (Wildman–Crippen LogP) is 3.62. The number of benzene rings is 2. The number of rotatable bonds is 6. The summed E-state index contributed by atoms with van der Waals surface area (Å²) in [6, 6.07) is 14.9. The van der Waals surface area contributed by atoms with Crippen molar-refractivity contribution < 1.29 is 13.9 Å². The maximum absolute atomic E-state index is 13.7. The van der Waals surface area contributed by atoms with Crippen molar-refractivity contribution in [1.82, 2.24) is 10.2 Å². The van der Waals surface area contributed by atoms with Gasteiger partial charge in [-0.15, -0.1) is 0 Å². The van der Waals surface area contributed by atoms with Gasteiger partial charge in [-0.05, 0) is 29.8 Å². The molecular formula is C21H22BrFN2O2. The van der Waals surface area contributed by atoms with E-state index in [1.807, 2.05) is 18.2 Å². The van der Waals surface area contributed by atoms with Gasteiger partial charge in [0.1, 0.15) is 5.82 Å². The Balaban J connectivity index is 1.47. The maximum Gasteiger partial charge on any atom is 0.244 e. The molecule has 1 aliphatic heterocycles. The van der Waals surface area contributed by atoms with E-state index in [9.17, 15) is 9.18 Å². The predicted molar refractivity (Wildman–Crippen MR) is 108 cm³/mol. The summed E-state index contributed by atoms with van der Waals surface area (Å²) in [5, 5.41) is 2.83. The van der Waals surface area contributed by atoms with Crippen molar-refractivity contribution in [2.45, 2.75) is 12.6 Å². The van der Waals surface area contributed by atoms with Gasteiger partial charge < -0.3 is 10.1 Å². The first-order chi connectivity index (χ1) is 13.1. The number of hydrogen-bond donors (Lipinski definition) is 1. The number of nitrogens with zero attached hydrogens (tertiary/aromatic N) is 1. The molecule has 0 radical (unpaired) electrons. The van der Waals surface area contributed by atoms with Crippen LogP contribution >= 0.6 is 15.9 Å². The summed E-state index contributed by atoms with van der Waals surface area (Å²) < 4.78 is 20.2. The van der Waals surface area contributed by atoms with Gasteiger partial charge in [-0.2, -0.15) is 0 Å². The lowest BCUT2D eigenvalue weighted by Gasteiger charge is -2.33. The molecule has 1 fully saturated rings. The first-order valence-electron chi connectivity index (χ1n) is 8.89. The quantitative estimate of drug-likeness (QED) is 0.708. The van der Waals surface area contributed by atoms with Crippen molar-refractivity contribution in [2.24, 2.45) is 0 Å². The monoisotopic (exact) mass is 432 g/mol. The van der Waals surface area contributed by atoms with Gasteiger partial charge in [0.2, 0.25) is 5.91 Å². The maximum atomic E-state index is 13.7. The van der Waals surface area contributed by atoms with Crippen LogP contribution in [0.2, 0.25) is 0 Å².